The van der Waals surface area contributed by atoms with Gasteiger partial charge >= 0.3 is 24.1 Å². The lowest BCUT2D eigenvalue weighted by Crippen LogP contribution is -2.56. The molecule has 3 N–H and O–H groups in total. The Kier molecular flexibility index (Phi) is 24.9. The summed E-state index contributed by atoms with van der Waals surface area (Å²) in [7, 11) is 1.88. The summed E-state index contributed by atoms with van der Waals surface area (Å²) in [5.41, 5.74) is 0.713. The van der Waals surface area contributed by atoms with E-state index in [1.165, 1.54) is 0 Å². The second kappa shape index (κ2) is 27.7. The van der Waals surface area contributed by atoms with Crippen molar-refractivity contribution in [3.63, 3.8) is 0 Å². The Bertz CT molecular complexity index is 1550. The Morgan fingerprint density at radius 2 is 1.02 bits per heavy atom. The van der Waals surface area contributed by atoms with Gasteiger partial charge in [0, 0.05) is 0 Å². The zero-order chi connectivity index (χ0) is 46.3. The van der Waals surface area contributed by atoms with Crippen LogP contribution in [0.3, 0.4) is 0 Å². The summed E-state index contributed by atoms with van der Waals surface area (Å²) in [6, 6.07) is 18.3. The zero-order valence-electron chi connectivity index (χ0n) is 40.3. The van der Waals surface area contributed by atoms with Crippen molar-refractivity contribution in [2.75, 3.05) is 7.05 Å². The molecule has 0 heterocycles. The number of nitrogens with zero attached hydrogens (tertiary/aromatic N) is 1. The number of likely N-dealkylation sites (N-methyl/N-ethyl adjacent to an activating group) is 1. The Balaban J connectivity index is 0.000000610. The number of nitrogens with one attached hydrogen (secondary N) is 3. The smallest absolute Gasteiger partial charge is 0.408 e. The molecule has 0 saturated heterocycles. The number of rotatable bonds is 22. The molecule has 346 valence electrons. The fourth-order valence-electron chi connectivity index (χ4n) is 6.27. The van der Waals surface area contributed by atoms with Crippen LogP contribution in [0.5, 0.6) is 0 Å². The molecule has 0 aliphatic carbocycles. The molecular weight excluding hydrogens is 773 g/mol. The topological polar surface area (TPSA) is 145 Å². The molecule has 0 aliphatic heterocycles. The highest BCUT2D eigenvalue weighted by molar-refractivity contribution is 5.77. The fourth-order valence-corrected chi connectivity index (χ4v) is 6.27. The van der Waals surface area contributed by atoms with E-state index in [0.29, 0.717) is 24.7 Å². The van der Waals surface area contributed by atoms with E-state index in [4.69, 9.17) is 18.9 Å². The molecule has 0 bridgehead atoms. The van der Waals surface area contributed by atoms with Crippen LogP contribution >= 0.6 is 0 Å². The Labute approximate surface area is 369 Å². The van der Waals surface area contributed by atoms with Gasteiger partial charge in [0.15, 0.2) is 0 Å². The van der Waals surface area contributed by atoms with Crippen LogP contribution in [-0.4, -0.2) is 71.7 Å². The van der Waals surface area contributed by atoms with Gasteiger partial charge in [-0.15, -0.1) is 0 Å². The molecule has 0 aromatic heterocycles. The summed E-state index contributed by atoms with van der Waals surface area (Å²) in [6.45, 7) is 28.1. The van der Waals surface area contributed by atoms with Crippen LogP contribution in [0.1, 0.15) is 147 Å². The number of esters is 2. The van der Waals surface area contributed by atoms with Crippen LogP contribution in [0.2, 0.25) is 0 Å². The average Bonchev–Trinajstić information content (AvgIpc) is 3.19. The predicted molar refractivity (Wildman–Crippen MR) is 244 cm³/mol. The number of hydrogen-bond acceptors (Lipinski definition) is 10. The zero-order valence-corrected chi connectivity index (χ0v) is 40.3. The lowest BCUT2D eigenvalue weighted by Gasteiger charge is -2.38. The van der Waals surface area contributed by atoms with Gasteiger partial charge in [0.2, 0.25) is 0 Å². The highest BCUT2D eigenvalue weighted by atomic mass is 16.6. The van der Waals surface area contributed by atoms with Crippen LogP contribution in [0, 0.1) is 23.7 Å². The third-order valence-corrected chi connectivity index (χ3v) is 10.7. The van der Waals surface area contributed by atoms with Crippen molar-refractivity contribution >= 4 is 24.1 Å². The molecule has 0 spiro atoms. The molecule has 61 heavy (non-hydrogen) atoms. The van der Waals surface area contributed by atoms with Crippen molar-refractivity contribution < 1.29 is 38.1 Å². The number of alkyl carbamates (subject to hydrolysis) is 2. The number of hydrogen-bond donors (Lipinski definition) is 3. The minimum absolute atomic E-state index is 0.0492. The minimum atomic E-state index is -0.589. The lowest BCUT2D eigenvalue weighted by molar-refractivity contribution is -0.154. The van der Waals surface area contributed by atoms with E-state index >= 15 is 0 Å². The van der Waals surface area contributed by atoms with Crippen LogP contribution in [-0.2, 0) is 41.8 Å². The third kappa shape index (κ3) is 23.0. The van der Waals surface area contributed by atoms with Gasteiger partial charge in [-0.25, -0.2) is 9.59 Å². The molecule has 12 heteroatoms. The Hall–Kier alpha value is -4.16. The van der Waals surface area contributed by atoms with Crippen LogP contribution in [0.15, 0.2) is 60.7 Å². The maximum atomic E-state index is 13.1. The summed E-state index contributed by atoms with van der Waals surface area (Å²) in [5.74, 6) is 0.270. The van der Waals surface area contributed by atoms with Gasteiger partial charge < -0.3 is 29.6 Å². The molecule has 0 radical (unpaired) electrons. The predicted octanol–water partition coefficient (Wildman–Crippen LogP) is 10.4. The molecule has 0 fully saturated rings. The molecule has 2 aromatic rings. The van der Waals surface area contributed by atoms with E-state index in [1.807, 2.05) is 135 Å². The van der Waals surface area contributed by atoms with Crippen LogP contribution in [0.4, 0.5) is 9.59 Å². The highest BCUT2D eigenvalue weighted by Crippen LogP contribution is 2.23. The first-order valence-corrected chi connectivity index (χ1v) is 22.4. The molecule has 2 rings (SSSR count). The number of carbonyl (C=O) groups is 4. The number of ether oxygens (including phenoxy) is 4. The summed E-state index contributed by atoms with van der Waals surface area (Å²) in [5, 5.41) is 9.22. The molecule has 8 unspecified atom stereocenters. The van der Waals surface area contributed by atoms with Gasteiger partial charge in [0.05, 0.1) is 12.3 Å². The van der Waals surface area contributed by atoms with Gasteiger partial charge in [-0.3, -0.25) is 19.8 Å². The quantitative estimate of drug-likeness (QED) is 0.0595. The van der Waals surface area contributed by atoms with Gasteiger partial charge in [0.25, 0.3) is 0 Å². The van der Waals surface area contributed by atoms with Gasteiger partial charge in [-0.2, -0.15) is 0 Å². The van der Waals surface area contributed by atoms with Crippen molar-refractivity contribution in [2.24, 2.45) is 23.7 Å². The average molecular weight is 855 g/mol. The minimum Gasteiger partial charge on any atom is -0.460 e. The van der Waals surface area contributed by atoms with E-state index in [0.717, 1.165) is 36.8 Å². The van der Waals surface area contributed by atoms with Crippen molar-refractivity contribution in [1.82, 2.24) is 20.9 Å². The molecule has 2 amide bonds. The first-order chi connectivity index (χ1) is 28.5. The lowest BCUT2D eigenvalue weighted by atomic mass is 9.95. The first-order valence-electron chi connectivity index (χ1n) is 22.4. The second-order valence-corrected chi connectivity index (χ2v) is 18.6. The normalized spacial score (nSPS) is 15.6. The molecule has 0 aliphatic rings. The van der Waals surface area contributed by atoms with Crippen LogP contribution in [0.25, 0.3) is 0 Å². The van der Waals surface area contributed by atoms with Crippen molar-refractivity contribution in [3.05, 3.63) is 71.8 Å². The fraction of sp³-hybridized carbons (Fsp3) is 0.673. The van der Waals surface area contributed by atoms with E-state index in [-0.39, 0.29) is 43.2 Å². The molecule has 8 atom stereocenters. The molecular formula is C49H82N4O8. The standard InChI is InChI=1S/C25H42N2O4.C24H40N2O4/c1-9-18(3)16-21(26-24(29)31-25(5,6)7)27(8)22(19(4)10-2)23(28)30-17-20-14-12-11-13-15-20;1-8-17(3)15-20(26-23(28)30-24(5,6)7)25-21(18(4)9-2)22(27)29-16-19-13-11-10-12-14-19/h11-15,18-19,21-22H,9-10,16-17H2,1-8H3,(H,26,29);10-14,17-18,20-21,25H,8-9,15-16H2,1-7H3,(H,26,28). The van der Waals surface area contributed by atoms with E-state index < -0.39 is 41.6 Å². The monoisotopic (exact) mass is 855 g/mol. The highest BCUT2D eigenvalue weighted by Gasteiger charge is 2.36. The molecule has 12 nitrogen and oxygen atoms in total. The summed E-state index contributed by atoms with van der Waals surface area (Å²) in [6.07, 6.45) is 3.27. The van der Waals surface area contributed by atoms with E-state index in [9.17, 15) is 19.2 Å². The number of benzene rings is 2. The van der Waals surface area contributed by atoms with Gasteiger partial charge in [0.1, 0.15) is 36.5 Å². The summed E-state index contributed by atoms with van der Waals surface area (Å²) in [4.78, 5) is 52.8. The first kappa shape index (κ1) is 54.9. The van der Waals surface area contributed by atoms with E-state index in [1.54, 1.807) is 0 Å². The maximum absolute atomic E-state index is 13.1. The van der Waals surface area contributed by atoms with Gasteiger partial charge in [-0.05, 0) is 96.2 Å². The largest absolute Gasteiger partial charge is 0.460 e. The Morgan fingerprint density at radius 1 is 0.590 bits per heavy atom. The molecule has 0 saturated carbocycles. The summed E-state index contributed by atoms with van der Waals surface area (Å²) < 4.78 is 22.1. The summed E-state index contributed by atoms with van der Waals surface area (Å²) >= 11 is 0. The third-order valence-electron chi connectivity index (χ3n) is 10.7. The van der Waals surface area contributed by atoms with Gasteiger partial charge in [-0.1, -0.05) is 142 Å². The number of amides is 2. The van der Waals surface area contributed by atoms with Crippen LogP contribution < -0.4 is 16.0 Å². The SMILES string of the molecule is CCC(C)CC(NC(=O)OC(C)(C)C)N(C)C(C(=O)OCc1ccccc1)C(C)CC.CCC(C)CC(NC(=O)OC(C)(C)C)NC(C(=O)OCc1ccccc1)C(C)CC. The second-order valence-electron chi connectivity index (χ2n) is 18.6. The molecule has 2 aromatic carbocycles. The van der Waals surface area contributed by atoms with Crippen molar-refractivity contribution in [1.29, 1.82) is 0 Å². The van der Waals surface area contributed by atoms with Crippen molar-refractivity contribution in [3.8, 4) is 0 Å². The number of carbonyl (C=O) groups excluding carboxylic acids is 4. The Morgan fingerprint density at radius 3 is 1.44 bits per heavy atom. The van der Waals surface area contributed by atoms with E-state index in [2.05, 4.69) is 50.6 Å². The van der Waals surface area contributed by atoms with Crippen molar-refractivity contribution in [2.45, 2.75) is 184 Å². The maximum Gasteiger partial charge on any atom is 0.408 e.